The van der Waals surface area contributed by atoms with E-state index in [1.807, 2.05) is 25.1 Å². The number of benzene rings is 2. The topological polar surface area (TPSA) is 75.9 Å². The monoisotopic (exact) mass is 265 g/mol. The van der Waals surface area contributed by atoms with Crippen molar-refractivity contribution >= 4 is 28.2 Å². The average molecular weight is 265 g/mol. The summed E-state index contributed by atoms with van der Waals surface area (Å²) in [6.45, 7) is 1.95. The normalized spacial score (nSPS) is 10.5. The Morgan fingerprint density at radius 3 is 2.65 bits per heavy atom. The SMILES string of the molecule is Cc1cnc(NN)nc1Nc1ccc2ccccc2c1. The van der Waals surface area contributed by atoms with E-state index in [4.69, 9.17) is 5.84 Å². The molecule has 20 heavy (non-hydrogen) atoms. The van der Waals surface area contributed by atoms with Crippen molar-refractivity contribution in [1.29, 1.82) is 0 Å². The molecule has 1 heterocycles. The number of hydrazine groups is 1. The lowest BCUT2D eigenvalue weighted by Gasteiger charge is -2.10. The maximum atomic E-state index is 5.33. The van der Waals surface area contributed by atoms with E-state index in [1.54, 1.807) is 6.20 Å². The lowest BCUT2D eigenvalue weighted by Crippen LogP contribution is -2.11. The van der Waals surface area contributed by atoms with E-state index in [1.165, 1.54) is 10.8 Å². The molecule has 0 fully saturated rings. The van der Waals surface area contributed by atoms with Gasteiger partial charge in [0.05, 0.1) is 0 Å². The van der Waals surface area contributed by atoms with E-state index in [2.05, 4.69) is 45.0 Å². The van der Waals surface area contributed by atoms with Crippen molar-refractivity contribution in [1.82, 2.24) is 9.97 Å². The third-order valence-corrected chi connectivity index (χ3v) is 3.11. The molecule has 0 spiro atoms. The van der Waals surface area contributed by atoms with Crippen molar-refractivity contribution in [3.63, 3.8) is 0 Å². The van der Waals surface area contributed by atoms with Crippen LogP contribution in [-0.4, -0.2) is 9.97 Å². The van der Waals surface area contributed by atoms with Crippen LogP contribution in [0.4, 0.5) is 17.5 Å². The summed E-state index contributed by atoms with van der Waals surface area (Å²) >= 11 is 0. The number of aryl methyl sites for hydroxylation is 1. The fourth-order valence-electron chi connectivity index (χ4n) is 2.04. The molecule has 0 aliphatic rings. The number of rotatable bonds is 3. The molecule has 5 nitrogen and oxygen atoms in total. The summed E-state index contributed by atoms with van der Waals surface area (Å²) in [7, 11) is 0. The molecule has 0 saturated carbocycles. The van der Waals surface area contributed by atoms with E-state index < -0.39 is 0 Å². The minimum absolute atomic E-state index is 0.388. The highest BCUT2D eigenvalue weighted by Crippen LogP contribution is 2.23. The second-order valence-corrected chi connectivity index (χ2v) is 4.56. The van der Waals surface area contributed by atoms with E-state index in [0.717, 1.165) is 17.1 Å². The maximum absolute atomic E-state index is 5.33. The summed E-state index contributed by atoms with van der Waals surface area (Å²) in [4.78, 5) is 8.37. The van der Waals surface area contributed by atoms with Crippen LogP contribution in [0.15, 0.2) is 48.7 Å². The van der Waals surface area contributed by atoms with Gasteiger partial charge >= 0.3 is 0 Å². The fraction of sp³-hybridized carbons (Fsp3) is 0.0667. The molecule has 100 valence electrons. The third-order valence-electron chi connectivity index (χ3n) is 3.11. The van der Waals surface area contributed by atoms with E-state index >= 15 is 0 Å². The smallest absolute Gasteiger partial charge is 0.239 e. The molecule has 3 aromatic rings. The van der Waals surface area contributed by atoms with Crippen LogP contribution >= 0.6 is 0 Å². The predicted molar refractivity (Wildman–Crippen MR) is 81.8 cm³/mol. The molecule has 3 rings (SSSR count). The molecule has 0 amide bonds. The summed E-state index contributed by atoms with van der Waals surface area (Å²) in [6, 6.07) is 14.4. The van der Waals surface area contributed by atoms with Crippen LogP contribution in [0.2, 0.25) is 0 Å². The molecule has 0 atom stereocenters. The van der Waals surface area contributed by atoms with Gasteiger partial charge in [0.1, 0.15) is 5.82 Å². The summed E-state index contributed by atoms with van der Waals surface area (Å²) in [6.07, 6.45) is 1.73. The first-order valence-corrected chi connectivity index (χ1v) is 6.32. The van der Waals surface area contributed by atoms with Gasteiger partial charge in [-0.3, -0.25) is 5.43 Å². The fourth-order valence-corrected chi connectivity index (χ4v) is 2.04. The van der Waals surface area contributed by atoms with Gasteiger partial charge in [-0.25, -0.2) is 10.8 Å². The molecular weight excluding hydrogens is 250 g/mol. The van der Waals surface area contributed by atoms with Gasteiger partial charge in [-0.2, -0.15) is 4.98 Å². The van der Waals surface area contributed by atoms with Gasteiger partial charge in [-0.05, 0) is 29.8 Å². The molecule has 2 aromatic carbocycles. The Morgan fingerprint density at radius 2 is 1.85 bits per heavy atom. The number of hydrogen-bond donors (Lipinski definition) is 3. The van der Waals surface area contributed by atoms with E-state index in [9.17, 15) is 0 Å². The molecule has 5 heteroatoms. The number of nitrogens with one attached hydrogen (secondary N) is 2. The second-order valence-electron chi connectivity index (χ2n) is 4.56. The molecule has 0 aliphatic heterocycles. The largest absolute Gasteiger partial charge is 0.340 e. The predicted octanol–water partition coefficient (Wildman–Crippen LogP) is 2.97. The minimum Gasteiger partial charge on any atom is -0.340 e. The van der Waals surface area contributed by atoms with Crippen LogP contribution in [0.1, 0.15) is 5.56 Å². The quantitative estimate of drug-likeness (QED) is 0.501. The molecule has 0 radical (unpaired) electrons. The van der Waals surface area contributed by atoms with Crippen LogP contribution in [0, 0.1) is 6.92 Å². The van der Waals surface area contributed by atoms with Gasteiger partial charge in [-0.15, -0.1) is 0 Å². The summed E-state index contributed by atoms with van der Waals surface area (Å²) in [5.74, 6) is 6.46. The zero-order chi connectivity index (χ0) is 13.9. The summed E-state index contributed by atoms with van der Waals surface area (Å²) < 4.78 is 0. The number of anilines is 3. The molecule has 0 saturated heterocycles. The van der Waals surface area contributed by atoms with Crippen molar-refractivity contribution in [2.75, 3.05) is 10.7 Å². The van der Waals surface area contributed by atoms with Crippen LogP contribution in [0.25, 0.3) is 10.8 Å². The van der Waals surface area contributed by atoms with E-state index in [-0.39, 0.29) is 0 Å². The van der Waals surface area contributed by atoms with Crippen molar-refractivity contribution in [2.45, 2.75) is 6.92 Å². The minimum atomic E-state index is 0.388. The van der Waals surface area contributed by atoms with Gasteiger partial charge in [0.25, 0.3) is 0 Å². The number of fused-ring (bicyclic) bond motifs is 1. The third kappa shape index (κ3) is 2.39. The van der Waals surface area contributed by atoms with Gasteiger partial charge in [-0.1, -0.05) is 30.3 Å². The number of nitrogens with zero attached hydrogens (tertiary/aromatic N) is 2. The van der Waals surface area contributed by atoms with Gasteiger partial charge < -0.3 is 5.32 Å². The Labute approximate surface area is 116 Å². The Hall–Kier alpha value is -2.66. The van der Waals surface area contributed by atoms with Crippen molar-refractivity contribution in [3.05, 3.63) is 54.2 Å². The highest BCUT2D eigenvalue weighted by molar-refractivity contribution is 5.86. The lowest BCUT2D eigenvalue weighted by atomic mass is 10.1. The highest BCUT2D eigenvalue weighted by Gasteiger charge is 2.04. The van der Waals surface area contributed by atoms with Crippen molar-refractivity contribution in [2.24, 2.45) is 5.84 Å². The first-order valence-electron chi connectivity index (χ1n) is 6.32. The Morgan fingerprint density at radius 1 is 1.05 bits per heavy atom. The lowest BCUT2D eigenvalue weighted by molar-refractivity contribution is 1.09. The van der Waals surface area contributed by atoms with Crippen molar-refractivity contribution in [3.8, 4) is 0 Å². The second kappa shape index (κ2) is 5.14. The Balaban J connectivity index is 1.96. The summed E-state index contributed by atoms with van der Waals surface area (Å²) in [5, 5.41) is 5.68. The zero-order valence-corrected chi connectivity index (χ0v) is 11.1. The number of aromatic nitrogens is 2. The molecule has 0 unspecified atom stereocenters. The van der Waals surface area contributed by atoms with Crippen LogP contribution < -0.4 is 16.6 Å². The van der Waals surface area contributed by atoms with Gasteiger partial charge in [0.2, 0.25) is 5.95 Å². The van der Waals surface area contributed by atoms with Crippen molar-refractivity contribution < 1.29 is 0 Å². The standard InChI is InChI=1S/C15H15N5/c1-10-9-17-15(20-16)19-14(10)18-13-7-6-11-4-2-3-5-12(11)8-13/h2-9H,16H2,1H3,(H2,17,18,19,20). The van der Waals surface area contributed by atoms with Gasteiger partial charge in [0.15, 0.2) is 0 Å². The van der Waals surface area contributed by atoms with Crippen LogP contribution in [0.5, 0.6) is 0 Å². The van der Waals surface area contributed by atoms with Crippen LogP contribution in [0.3, 0.4) is 0 Å². The first-order chi connectivity index (χ1) is 9.76. The molecular formula is C15H15N5. The Kier molecular flexibility index (Phi) is 3.18. The van der Waals surface area contributed by atoms with E-state index in [0.29, 0.717) is 5.95 Å². The first kappa shape index (κ1) is 12.4. The molecule has 0 aliphatic carbocycles. The zero-order valence-electron chi connectivity index (χ0n) is 11.1. The highest BCUT2D eigenvalue weighted by atomic mass is 15.3. The Bertz CT molecular complexity index is 754. The van der Waals surface area contributed by atoms with Crippen LogP contribution in [-0.2, 0) is 0 Å². The van der Waals surface area contributed by atoms with Gasteiger partial charge in [0, 0.05) is 17.4 Å². The molecule has 1 aromatic heterocycles. The maximum Gasteiger partial charge on any atom is 0.239 e. The molecule has 0 bridgehead atoms. The molecule has 4 N–H and O–H groups in total. The number of hydrogen-bond acceptors (Lipinski definition) is 5. The average Bonchev–Trinajstić information content (AvgIpc) is 2.49. The number of nitrogen functional groups attached to an aromatic ring is 1. The number of nitrogens with two attached hydrogens (primary N) is 1. The summed E-state index contributed by atoms with van der Waals surface area (Å²) in [5.41, 5.74) is 4.38.